The van der Waals surface area contributed by atoms with Gasteiger partial charge >= 0.3 is 0 Å². The number of carbonyl (C=O) groups excluding carboxylic acids is 1. The molecule has 2 aliphatic heterocycles. The summed E-state index contributed by atoms with van der Waals surface area (Å²) >= 11 is 3.06. The number of anilines is 2. The number of ether oxygens (including phenoxy) is 1. The monoisotopic (exact) mass is 483 g/mol. The molecule has 2 aliphatic rings. The number of piperazine rings is 1. The minimum Gasteiger partial charge on any atom is -0.497 e. The SMILES string of the molecule is COc1ccc(N2CCN(C(=O)c3cc4c(N5CCCCC5)nc(SC)nc4s3)CC2)cc1. The number of hydrogen-bond acceptors (Lipinski definition) is 8. The van der Waals surface area contributed by atoms with Crippen LogP contribution in [0, 0.1) is 0 Å². The van der Waals surface area contributed by atoms with Crippen molar-refractivity contribution in [1.29, 1.82) is 0 Å². The van der Waals surface area contributed by atoms with E-state index in [-0.39, 0.29) is 5.91 Å². The molecule has 0 unspecified atom stereocenters. The highest BCUT2D eigenvalue weighted by atomic mass is 32.2. The number of hydrogen-bond donors (Lipinski definition) is 0. The highest BCUT2D eigenvalue weighted by Crippen LogP contribution is 2.34. The summed E-state index contributed by atoms with van der Waals surface area (Å²) in [7, 11) is 1.68. The number of thiophene rings is 1. The van der Waals surface area contributed by atoms with Crippen molar-refractivity contribution in [1.82, 2.24) is 14.9 Å². The van der Waals surface area contributed by atoms with E-state index in [1.54, 1.807) is 18.9 Å². The second kappa shape index (κ2) is 9.77. The Kier molecular flexibility index (Phi) is 6.59. The summed E-state index contributed by atoms with van der Waals surface area (Å²) in [5.41, 5.74) is 1.16. The molecule has 0 atom stereocenters. The smallest absolute Gasteiger partial charge is 0.264 e. The zero-order chi connectivity index (χ0) is 22.8. The van der Waals surface area contributed by atoms with Crippen molar-refractivity contribution in [2.45, 2.75) is 24.4 Å². The van der Waals surface area contributed by atoms with Crippen LogP contribution in [0.15, 0.2) is 35.5 Å². The third kappa shape index (κ3) is 4.61. The number of nitrogens with zero attached hydrogens (tertiary/aromatic N) is 5. The quantitative estimate of drug-likeness (QED) is 0.394. The van der Waals surface area contributed by atoms with Gasteiger partial charge in [-0.3, -0.25) is 4.79 Å². The van der Waals surface area contributed by atoms with Crippen LogP contribution in [0.1, 0.15) is 28.9 Å². The van der Waals surface area contributed by atoms with E-state index < -0.39 is 0 Å². The Hall–Kier alpha value is -2.52. The molecule has 7 nitrogen and oxygen atoms in total. The lowest BCUT2D eigenvalue weighted by Crippen LogP contribution is -2.48. The lowest BCUT2D eigenvalue weighted by molar-refractivity contribution is 0.0751. The van der Waals surface area contributed by atoms with Gasteiger partial charge in [0.2, 0.25) is 0 Å². The topological polar surface area (TPSA) is 61.8 Å². The number of carbonyl (C=O) groups is 1. The van der Waals surface area contributed by atoms with E-state index in [2.05, 4.69) is 21.9 Å². The number of methoxy groups -OCH3 is 1. The minimum atomic E-state index is 0.0997. The molecule has 0 N–H and O–H groups in total. The van der Waals surface area contributed by atoms with Gasteiger partial charge in [-0.1, -0.05) is 11.8 Å². The summed E-state index contributed by atoms with van der Waals surface area (Å²) in [4.78, 5) is 31.2. The summed E-state index contributed by atoms with van der Waals surface area (Å²) in [5.74, 6) is 1.94. The van der Waals surface area contributed by atoms with E-state index in [4.69, 9.17) is 14.7 Å². The van der Waals surface area contributed by atoms with Gasteiger partial charge in [-0.05, 0) is 55.9 Å². The zero-order valence-corrected chi connectivity index (χ0v) is 20.8. The molecule has 1 amide bonds. The van der Waals surface area contributed by atoms with Gasteiger partial charge in [0.05, 0.1) is 17.4 Å². The summed E-state index contributed by atoms with van der Waals surface area (Å²) < 4.78 is 5.26. The summed E-state index contributed by atoms with van der Waals surface area (Å²) in [5, 5.41) is 1.79. The lowest BCUT2D eigenvalue weighted by atomic mass is 10.1. The molecule has 3 aromatic rings. The lowest BCUT2D eigenvalue weighted by Gasteiger charge is -2.36. The number of piperidine rings is 1. The van der Waals surface area contributed by atoms with E-state index in [0.29, 0.717) is 13.1 Å². The Morgan fingerprint density at radius 2 is 1.70 bits per heavy atom. The molecule has 1 aromatic carbocycles. The molecule has 174 valence electrons. The number of amides is 1. The summed E-state index contributed by atoms with van der Waals surface area (Å²) in [6.07, 6.45) is 5.65. The fourth-order valence-electron chi connectivity index (χ4n) is 4.55. The van der Waals surface area contributed by atoms with Crippen molar-refractivity contribution in [2.24, 2.45) is 0 Å². The van der Waals surface area contributed by atoms with E-state index in [1.165, 1.54) is 30.6 Å². The predicted octanol–water partition coefficient (Wildman–Crippen LogP) is 4.37. The van der Waals surface area contributed by atoms with Gasteiger partial charge in [0, 0.05) is 45.0 Å². The first-order valence-electron chi connectivity index (χ1n) is 11.4. The number of rotatable bonds is 5. The van der Waals surface area contributed by atoms with Crippen molar-refractivity contribution < 1.29 is 9.53 Å². The first-order chi connectivity index (χ1) is 16.2. The molecule has 0 radical (unpaired) electrons. The average molecular weight is 484 g/mol. The number of fused-ring (bicyclic) bond motifs is 1. The molecule has 0 saturated carbocycles. The molecule has 2 fully saturated rings. The number of thioether (sulfide) groups is 1. The third-order valence-electron chi connectivity index (χ3n) is 6.41. The maximum atomic E-state index is 13.4. The molecule has 2 aromatic heterocycles. The standard InChI is InChI=1S/C24H29N5O2S2/c1-31-18-8-6-17(7-9-18)27-12-14-29(15-13-27)23(30)20-16-19-21(28-10-4-3-5-11-28)25-24(32-2)26-22(19)33-20/h6-9,16H,3-5,10-15H2,1-2H3. The van der Waals surface area contributed by atoms with E-state index in [1.807, 2.05) is 29.4 Å². The first-order valence-corrected chi connectivity index (χ1v) is 13.5. The van der Waals surface area contributed by atoms with Gasteiger partial charge in [-0.25, -0.2) is 9.97 Å². The van der Waals surface area contributed by atoms with Gasteiger partial charge < -0.3 is 19.4 Å². The molecule has 0 spiro atoms. The molecular formula is C24H29N5O2S2. The van der Waals surface area contributed by atoms with Crippen LogP contribution < -0.4 is 14.5 Å². The zero-order valence-electron chi connectivity index (χ0n) is 19.1. The third-order valence-corrected chi connectivity index (χ3v) is 7.97. The Labute approximate surface area is 202 Å². The maximum Gasteiger partial charge on any atom is 0.264 e. The molecule has 2 saturated heterocycles. The van der Waals surface area contributed by atoms with Crippen LogP contribution in [0.2, 0.25) is 0 Å². The Morgan fingerprint density at radius 3 is 2.36 bits per heavy atom. The normalized spacial score (nSPS) is 17.0. The van der Waals surface area contributed by atoms with Crippen molar-refractivity contribution in [3.8, 4) is 5.75 Å². The highest BCUT2D eigenvalue weighted by Gasteiger charge is 2.26. The molecule has 5 rings (SSSR count). The van der Waals surface area contributed by atoms with Gasteiger partial charge in [-0.2, -0.15) is 0 Å². The van der Waals surface area contributed by atoms with Crippen LogP contribution in [0.3, 0.4) is 0 Å². The summed E-state index contributed by atoms with van der Waals surface area (Å²) in [6, 6.07) is 10.1. The first kappa shape index (κ1) is 22.3. The van der Waals surface area contributed by atoms with Crippen molar-refractivity contribution in [2.75, 3.05) is 62.4 Å². The van der Waals surface area contributed by atoms with Crippen molar-refractivity contribution in [3.63, 3.8) is 0 Å². The molecule has 0 bridgehead atoms. The molecule has 0 aliphatic carbocycles. The molecule has 4 heterocycles. The van der Waals surface area contributed by atoms with Crippen LogP contribution in [0.4, 0.5) is 11.5 Å². The molecule has 33 heavy (non-hydrogen) atoms. The van der Waals surface area contributed by atoms with Crippen LogP contribution >= 0.6 is 23.1 Å². The fourth-order valence-corrected chi connectivity index (χ4v) is 5.96. The van der Waals surface area contributed by atoms with E-state index in [0.717, 1.165) is 63.7 Å². The molecule has 9 heteroatoms. The summed E-state index contributed by atoms with van der Waals surface area (Å²) in [6.45, 7) is 5.09. The van der Waals surface area contributed by atoms with Crippen molar-refractivity contribution >= 4 is 50.7 Å². The predicted molar refractivity (Wildman–Crippen MR) is 136 cm³/mol. The number of aromatic nitrogens is 2. The Morgan fingerprint density at radius 1 is 0.970 bits per heavy atom. The Bertz CT molecular complexity index is 1120. The van der Waals surface area contributed by atoms with E-state index in [9.17, 15) is 4.79 Å². The van der Waals surface area contributed by atoms with Crippen molar-refractivity contribution in [3.05, 3.63) is 35.2 Å². The number of benzene rings is 1. The van der Waals surface area contributed by atoms with Gasteiger partial charge in [-0.15, -0.1) is 11.3 Å². The minimum absolute atomic E-state index is 0.0997. The second-order valence-electron chi connectivity index (χ2n) is 8.39. The second-order valence-corrected chi connectivity index (χ2v) is 10.2. The van der Waals surface area contributed by atoms with Gasteiger partial charge in [0.1, 0.15) is 16.4 Å². The van der Waals surface area contributed by atoms with Crippen LogP contribution in [0.25, 0.3) is 10.2 Å². The van der Waals surface area contributed by atoms with Gasteiger partial charge in [0.25, 0.3) is 5.91 Å². The Balaban J connectivity index is 1.33. The van der Waals surface area contributed by atoms with Gasteiger partial charge in [0.15, 0.2) is 5.16 Å². The van der Waals surface area contributed by atoms with Crippen LogP contribution in [-0.4, -0.2) is 73.4 Å². The highest BCUT2D eigenvalue weighted by molar-refractivity contribution is 7.98. The fraction of sp³-hybridized carbons (Fsp3) is 0.458. The largest absolute Gasteiger partial charge is 0.497 e. The van der Waals surface area contributed by atoms with E-state index >= 15 is 0 Å². The molecular weight excluding hydrogens is 454 g/mol. The average Bonchev–Trinajstić information content (AvgIpc) is 3.32. The van der Waals surface area contributed by atoms with Crippen LogP contribution in [-0.2, 0) is 0 Å². The maximum absolute atomic E-state index is 13.4. The van der Waals surface area contributed by atoms with Crippen LogP contribution in [0.5, 0.6) is 5.75 Å².